The molecule has 102 valence electrons. The molecule has 20 heavy (non-hydrogen) atoms. The van der Waals surface area contributed by atoms with Gasteiger partial charge in [0.2, 0.25) is 0 Å². The van der Waals surface area contributed by atoms with Gasteiger partial charge in [-0.2, -0.15) is 0 Å². The molecule has 1 aliphatic carbocycles. The first-order chi connectivity index (χ1) is 9.97. The summed E-state index contributed by atoms with van der Waals surface area (Å²) in [4.78, 5) is 0. The Labute approximate surface area is 118 Å². The molecule has 2 aliphatic rings. The van der Waals surface area contributed by atoms with Crippen LogP contribution in [0.2, 0.25) is 0 Å². The van der Waals surface area contributed by atoms with Crippen LogP contribution in [-0.4, -0.2) is 6.61 Å². The number of hydrogen-bond acceptors (Lipinski definition) is 3. The predicted octanol–water partition coefficient (Wildman–Crippen LogP) is 4.04. The van der Waals surface area contributed by atoms with Crippen molar-refractivity contribution in [1.29, 1.82) is 0 Å². The molecule has 2 rings (SSSR count). The molecule has 0 saturated heterocycles. The van der Waals surface area contributed by atoms with Gasteiger partial charge in [-0.05, 0) is 12.2 Å². The summed E-state index contributed by atoms with van der Waals surface area (Å²) in [5.74, 6) is 0.714. The Kier molecular flexibility index (Phi) is 5.79. The van der Waals surface area contributed by atoms with Gasteiger partial charge >= 0.3 is 0 Å². The molecule has 0 aromatic heterocycles. The van der Waals surface area contributed by atoms with Crippen LogP contribution in [0.15, 0.2) is 97.1 Å². The third-order valence-electron chi connectivity index (χ3n) is 2.43. The van der Waals surface area contributed by atoms with E-state index in [1.54, 1.807) is 0 Å². The fraction of sp³-hybridized carbons (Fsp3) is 0.0588. The van der Waals surface area contributed by atoms with Crippen molar-refractivity contribution in [3.8, 4) is 0 Å². The van der Waals surface area contributed by atoms with E-state index in [4.69, 9.17) is 14.2 Å². The Bertz CT molecular complexity index is 541. The maximum atomic E-state index is 5.60. The molecule has 0 radical (unpaired) electrons. The summed E-state index contributed by atoms with van der Waals surface area (Å²) in [6.07, 6.45) is 25.3. The standard InChI is InChI=1S/C17H16O3/c1-2-4-6-8-16-10-11-18-12-13-19-14-15-20-17(16)9-7-5-3-1/h1-10,12-15H,11H2/b3-1-,4-2-,7-5+,8-6-,13-12-,15-14-,16-10-,17-9+. The second-order valence-electron chi connectivity index (χ2n) is 3.84. The third kappa shape index (κ3) is 4.90. The summed E-state index contributed by atoms with van der Waals surface area (Å²) in [5.41, 5.74) is 0.932. The fourth-order valence-electron chi connectivity index (χ4n) is 1.52. The molecule has 0 saturated carbocycles. The van der Waals surface area contributed by atoms with Crippen LogP contribution in [-0.2, 0) is 14.2 Å². The van der Waals surface area contributed by atoms with E-state index in [0.29, 0.717) is 12.4 Å². The molecule has 1 heterocycles. The first-order valence-corrected chi connectivity index (χ1v) is 6.29. The monoisotopic (exact) mass is 268 g/mol. The maximum Gasteiger partial charge on any atom is 0.133 e. The number of hydrogen-bond donors (Lipinski definition) is 0. The summed E-state index contributed by atoms with van der Waals surface area (Å²) < 4.78 is 15.9. The van der Waals surface area contributed by atoms with E-state index in [1.165, 1.54) is 25.0 Å². The molecule has 3 heteroatoms. The average Bonchev–Trinajstić information content (AvgIpc) is 2.54. The Balaban J connectivity index is 2.31. The van der Waals surface area contributed by atoms with Crippen molar-refractivity contribution in [3.63, 3.8) is 0 Å². The van der Waals surface area contributed by atoms with Crippen LogP contribution < -0.4 is 0 Å². The minimum atomic E-state index is 0.436. The van der Waals surface area contributed by atoms with Crippen molar-refractivity contribution in [1.82, 2.24) is 0 Å². The van der Waals surface area contributed by atoms with E-state index in [9.17, 15) is 0 Å². The number of rotatable bonds is 0. The quantitative estimate of drug-likeness (QED) is 0.663. The Morgan fingerprint density at radius 1 is 0.750 bits per heavy atom. The van der Waals surface area contributed by atoms with Crippen LogP contribution in [0.5, 0.6) is 0 Å². The lowest BCUT2D eigenvalue weighted by Gasteiger charge is -2.07. The van der Waals surface area contributed by atoms with Crippen molar-refractivity contribution in [2.45, 2.75) is 0 Å². The number of ether oxygens (including phenoxy) is 3. The smallest absolute Gasteiger partial charge is 0.133 e. The summed E-state index contributed by atoms with van der Waals surface area (Å²) in [5, 5.41) is 0. The van der Waals surface area contributed by atoms with Crippen molar-refractivity contribution in [2.24, 2.45) is 0 Å². The van der Waals surface area contributed by atoms with Gasteiger partial charge in [0.25, 0.3) is 0 Å². The molecule has 0 bridgehead atoms. The summed E-state index contributed by atoms with van der Waals surface area (Å²) >= 11 is 0. The highest BCUT2D eigenvalue weighted by atomic mass is 16.5. The van der Waals surface area contributed by atoms with Gasteiger partial charge in [-0.25, -0.2) is 0 Å². The van der Waals surface area contributed by atoms with Crippen LogP contribution >= 0.6 is 0 Å². The molecule has 0 unspecified atom stereocenters. The minimum Gasteiger partial charge on any atom is -0.494 e. The topological polar surface area (TPSA) is 27.7 Å². The SMILES string of the molecule is C1=C\C=C/C2=C/CO/C=C\O/C=C\O\C2=C\C=C\C=C/1. The van der Waals surface area contributed by atoms with Gasteiger partial charge < -0.3 is 14.2 Å². The van der Waals surface area contributed by atoms with E-state index in [0.717, 1.165) is 5.57 Å². The normalized spacial score (nSPS) is 33.2. The molecule has 0 aromatic carbocycles. The van der Waals surface area contributed by atoms with Gasteiger partial charge in [-0.15, -0.1) is 0 Å². The summed E-state index contributed by atoms with van der Waals surface area (Å²) in [6.45, 7) is 0.436. The molecule has 3 nitrogen and oxygen atoms in total. The lowest BCUT2D eigenvalue weighted by Crippen LogP contribution is -1.92. The molecular weight excluding hydrogens is 252 g/mol. The van der Waals surface area contributed by atoms with E-state index in [1.807, 2.05) is 60.8 Å². The zero-order valence-corrected chi connectivity index (χ0v) is 11.0. The largest absolute Gasteiger partial charge is 0.494 e. The third-order valence-corrected chi connectivity index (χ3v) is 2.43. The molecule has 0 aromatic rings. The van der Waals surface area contributed by atoms with Crippen LogP contribution in [0.4, 0.5) is 0 Å². The molecule has 0 fully saturated rings. The molecule has 0 N–H and O–H groups in total. The number of allylic oxidation sites excluding steroid dienone is 9. The first-order valence-electron chi connectivity index (χ1n) is 6.29. The number of fused-ring (bicyclic) bond motifs is 1. The van der Waals surface area contributed by atoms with Gasteiger partial charge in [0.05, 0.1) is 0 Å². The van der Waals surface area contributed by atoms with Gasteiger partial charge in [0, 0.05) is 5.57 Å². The Morgan fingerprint density at radius 2 is 1.50 bits per heavy atom. The molecule has 0 atom stereocenters. The maximum absolute atomic E-state index is 5.60. The highest BCUT2D eigenvalue weighted by Gasteiger charge is 2.02. The fourth-order valence-corrected chi connectivity index (χ4v) is 1.52. The first kappa shape index (κ1) is 13.7. The van der Waals surface area contributed by atoms with E-state index in [2.05, 4.69) is 0 Å². The minimum absolute atomic E-state index is 0.436. The van der Waals surface area contributed by atoms with E-state index in [-0.39, 0.29) is 0 Å². The highest BCUT2D eigenvalue weighted by molar-refractivity contribution is 5.40. The summed E-state index contributed by atoms with van der Waals surface area (Å²) in [6, 6.07) is 0. The second-order valence-corrected chi connectivity index (χ2v) is 3.84. The van der Waals surface area contributed by atoms with Gasteiger partial charge in [-0.3, -0.25) is 0 Å². The molecular formula is C17H16O3. The Hall–Kier alpha value is -2.68. The predicted molar refractivity (Wildman–Crippen MR) is 79.1 cm³/mol. The second kappa shape index (κ2) is 8.43. The Morgan fingerprint density at radius 3 is 2.40 bits per heavy atom. The zero-order chi connectivity index (χ0) is 13.9. The molecule has 1 aliphatic heterocycles. The van der Waals surface area contributed by atoms with Crippen LogP contribution in [0, 0.1) is 0 Å². The summed E-state index contributed by atoms with van der Waals surface area (Å²) in [7, 11) is 0. The lowest BCUT2D eigenvalue weighted by atomic mass is 10.1. The van der Waals surface area contributed by atoms with Gasteiger partial charge in [-0.1, -0.05) is 48.6 Å². The van der Waals surface area contributed by atoms with Crippen molar-refractivity contribution < 1.29 is 14.2 Å². The van der Waals surface area contributed by atoms with Crippen LogP contribution in [0.25, 0.3) is 0 Å². The van der Waals surface area contributed by atoms with Crippen molar-refractivity contribution >= 4 is 0 Å². The lowest BCUT2D eigenvalue weighted by molar-refractivity contribution is 0.267. The zero-order valence-electron chi connectivity index (χ0n) is 11.0. The molecule has 0 amide bonds. The van der Waals surface area contributed by atoms with E-state index >= 15 is 0 Å². The van der Waals surface area contributed by atoms with Crippen molar-refractivity contribution in [2.75, 3.05) is 6.61 Å². The van der Waals surface area contributed by atoms with Gasteiger partial charge in [0.15, 0.2) is 0 Å². The van der Waals surface area contributed by atoms with Crippen LogP contribution in [0.1, 0.15) is 0 Å². The van der Waals surface area contributed by atoms with E-state index < -0.39 is 0 Å². The molecule has 0 spiro atoms. The van der Waals surface area contributed by atoms with Gasteiger partial charge in [0.1, 0.15) is 37.4 Å². The van der Waals surface area contributed by atoms with Crippen molar-refractivity contribution in [3.05, 3.63) is 97.1 Å². The highest BCUT2D eigenvalue weighted by Crippen LogP contribution is 2.15. The van der Waals surface area contributed by atoms with Crippen LogP contribution in [0.3, 0.4) is 0 Å². The average molecular weight is 268 g/mol.